The largest absolute Gasteiger partial charge is 0.381 e. The zero-order chi connectivity index (χ0) is 19.8. The van der Waals surface area contributed by atoms with Gasteiger partial charge >= 0.3 is 0 Å². The number of tetrazole rings is 1. The standard InChI is InChI=1S/C19H21N9O/c1-13-22-24-25-27(13)11-14-3-5-15(6-4-14)19-21-18(16-8-10-29-12-16)23-28(19)17-7-9-20-26(17)2/h3-7,9,16H,8,10-12H2,1-2H3. The van der Waals surface area contributed by atoms with Crippen molar-refractivity contribution in [1.29, 1.82) is 0 Å². The van der Waals surface area contributed by atoms with E-state index in [0.717, 1.165) is 47.4 Å². The predicted octanol–water partition coefficient (Wildman–Crippen LogP) is 1.51. The maximum Gasteiger partial charge on any atom is 0.165 e. The molecule has 0 amide bonds. The lowest BCUT2D eigenvalue weighted by molar-refractivity contribution is 0.193. The number of rotatable bonds is 5. The molecule has 10 nitrogen and oxygen atoms in total. The van der Waals surface area contributed by atoms with E-state index in [1.807, 2.05) is 24.7 Å². The van der Waals surface area contributed by atoms with Crippen molar-refractivity contribution in [3.8, 4) is 17.2 Å². The molecule has 4 aromatic rings. The molecular weight excluding hydrogens is 370 g/mol. The van der Waals surface area contributed by atoms with Crippen LogP contribution in [0.25, 0.3) is 17.2 Å². The molecule has 1 aliphatic heterocycles. The van der Waals surface area contributed by atoms with Gasteiger partial charge in [0.2, 0.25) is 0 Å². The molecule has 0 spiro atoms. The first-order chi connectivity index (χ1) is 14.2. The first kappa shape index (κ1) is 17.7. The van der Waals surface area contributed by atoms with Crippen molar-refractivity contribution in [2.75, 3.05) is 13.2 Å². The van der Waals surface area contributed by atoms with Gasteiger partial charge in [0.25, 0.3) is 0 Å². The SMILES string of the molecule is Cc1nnnn1Cc1ccc(-c2nc(C3CCOC3)nn2-c2ccnn2C)cc1. The van der Waals surface area contributed by atoms with E-state index >= 15 is 0 Å². The molecule has 1 aliphatic rings. The summed E-state index contributed by atoms with van der Waals surface area (Å²) >= 11 is 0. The van der Waals surface area contributed by atoms with Gasteiger partial charge in [0, 0.05) is 31.2 Å². The van der Waals surface area contributed by atoms with Gasteiger partial charge in [-0.15, -0.1) is 10.2 Å². The third-order valence-electron chi connectivity index (χ3n) is 5.19. The average molecular weight is 391 g/mol. The van der Waals surface area contributed by atoms with Crippen LogP contribution in [-0.2, 0) is 18.3 Å². The van der Waals surface area contributed by atoms with Crippen molar-refractivity contribution in [1.82, 2.24) is 44.8 Å². The molecule has 148 valence electrons. The molecule has 4 heterocycles. The molecule has 3 aromatic heterocycles. The van der Waals surface area contributed by atoms with Gasteiger partial charge in [-0.2, -0.15) is 9.78 Å². The van der Waals surface area contributed by atoms with Gasteiger partial charge in [0.05, 0.1) is 19.3 Å². The van der Waals surface area contributed by atoms with Crippen molar-refractivity contribution in [3.63, 3.8) is 0 Å². The Hall–Kier alpha value is -3.40. The zero-order valence-corrected chi connectivity index (χ0v) is 16.3. The fraction of sp³-hybridized carbons (Fsp3) is 0.368. The first-order valence-corrected chi connectivity index (χ1v) is 9.54. The van der Waals surface area contributed by atoms with E-state index in [1.165, 1.54) is 0 Å². The molecule has 0 saturated carbocycles. The van der Waals surface area contributed by atoms with Gasteiger partial charge < -0.3 is 4.74 Å². The number of hydrogen-bond donors (Lipinski definition) is 0. The molecule has 1 fully saturated rings. The normalized spacial score (nSPS) is 16.6. The predicted molar refractivity (Wildman–Crippen MR) is 103 cm³/mol. The van der Waals surface area contributed by atoms with Crippen LogP contribution in [0.3, 0.4) is 0 Å². The van der Waals surface area contributed by atoms with Crippen LogP contribution in [0, 0.1) is 6.92 Å². The van der Waals surface area contributed by atoms with Crippen LogP contribution in [-0.4, -0.2) is 58.0 Å². The number of aryl methyl sites for hydroxylation is 2. The summed E-state index contributed by atoms with van der Waals surface area (Å²) in [5.74, 6) is 3.48. The van der Waals surface area contributed by atoms with Crippen LogP contribution in [0.2, 0.25) is 0 Å². The Morgan fingerprint density at radius 1 is 1.17 bits per heavy atom. The summed E-state index contributed by atoms with van der Waals surface area (Å²) in [4.78, 5) is 4.87. The summed E-state index contributed by atoms with van der Waals surface area (Å²) < 4.78 is 11.0. The van der Waals surface area contributed by atoms with Crippen molar-refractivity contribution in [2.45, 2.75) is 25.8 Å². The number of hydrogen-bond acceptors (Lipinski definition) is 7. The van der Waals surface area contributed by atoms with Crippen molar-refractivity contribution in [3.05, 3.63) is 53.7 Å². The van der Waals surface area contributed by atoms with E-state index in [9.17, 15) is 0 Å². The van der Waals surface area contributed by atoms with E-state index in [4.69, 9.17) is 14.8 Å². The summed E-state index contributed by atoms with van der Waals surface area (Å²) in [6, 6.07) is 10.2. The molecule has 5 rings (SSSR count). The minimum absolute atomic E-state index is 0.227. The Bertz CT molecular complexity index is 1120. The van der Waals surface area contributed by atoms with Crippen LogP contribution >= 0.6 is 0 Å². The van der Waals surface area contributed by atoms with Gasteiger partial charge in [0.1, 0.15) is 5.82 Å². The maximum atomic E-state index is 5.53. The molecular formula is C19H21N9O. The summed E-state index contributed by atoms with van der Waals surface area (Å²) in [5, 5.41) is 20.7. The Morgan fingerprint density at radius 3 is 2.69 bits per heavy atom. The zero-order valence-electron chi connectivity index (χ0n) is 16.3. The van der Waals surface area contributed by atoms with Gasteiger partial charge in [0.15, 0.2) is 17.5 Å². The molecule has 1 aromatic carbocycles. The van der Waals surface area contributed by atoms with Crippen molar-refractivity contribution >= 4 is 0 Å². The molecule has 1 unspecified atom stereocenters. The lowest BCUT2D eigenvalue weighted by Gasteiger charge is -2.07. The molecule has 29 heavy (non-hydrogen) atoms. The average Bonchev–Trinajstić information content (AvgIpc) is 3.50. The summed E-state index contributed by atoms with van der Waals surface area (Å²) in [7, 11) is 1.90. The fourth-order valence-corrected chi connectivity index (χ4v) is 3.49. The number of ether oxygens (including phenoxy) is 1. The van der Waals surface area contributed by atoms with Crippen LogP contribution < -0.4 is 0 Å². The second kappa shape index (κ2) is 7.21. The third kappa shape index (κ3) is 3.31. The van der Waals surface area contributed by atoms with Gasteiger partial charge in [-0.1, -0.05) is 24.3 Å². The number of nitrogens with zero attached hydrogens (tertiary/aromatic N) is 9. The number of benzene rings is 1. The molecule has 0 N–H and O–H groups in total. The van der Waals surface area contributed by atoms with Gasteiger partial charge in [-0.05, 0) is 29.3 Å². The Balaban J connectivity index is 1.50. The van der Waals surface area contributed by atoms with E-state index in [1.54, 1.807) is 15.6 Å². The monoisotopic (exact) mass is 391 g/mol. The minimum atomic E-state index is 0.227. The highest BCUT2D eigenvalue weighted by Crippen LogP contribution is 2.27. The van der Waals surface area contributed by atoms with E-state index in [0.29, 0.717) is 13.2 Å². The topological polar surface area (TPSA) is 101 Å². The molecule has 0 bridgehead atoms. The smallest absolute Gasteiger partial charge is 0.165 e. The number of aromatic nitrogens is 9. The maximum absolute atomic E-state index is 5.53. The van der Waals surface area contributed by atoms with E-state index < -0.39 is 0 Å². The highest BCUT2D eigenvalue weighted by atomic mass is 16.5. The quantitative estimate of drug-likeness (QED) is 0.508. The van der Waals surface area contributed by atoms with Crippen LogP contribution in [0.15, 0.2) is 36.5 Å². The molecule has 1 saturated heterocycles. The molecule has 1 atom stereocenters. The lowest BCUT2D eigenvalue weighted by Crippen LogP contribution is -2.07. The van der Waals surface area contributed by atoms with Crippen molar-refractivity contribution in [2.24, 2.45) is 7.05 Å². The van der Waals surface area contributed by atoms with Crippen LogP contribution in [0.5, 0.6) is 0 Å². The highest BCUT2D eigenvalue weighted by Gasteiger charge is 2.25. The van der Waals surface area contributed by atoms with Gasteiger partial charge in [-0.3, -0.25) is 4.68 Å². The lowest BCUT2D eigenvalue weighted by atomic mass is 10.1. The Labute approximate surface area is 167 Å². The summed E-state index contributed by atoms with van der Waals surface area (Å²) in [5.41, 5.74) is 2.10. The third-order valence-corrected chi connectivity index (χ3v) is 5.19. The molecule has 0 radical (unpaired) electrons. The summed E-state index contributed by atoms with van der Waals surface area (Å²) in [6.45, 7) is 3.93. The Morgan fingerprint density at radius 2 is 2.03 bits per heavy atom. The van der Waals surface area contributed by atoms with Crippen molar-refractivity contribution < 1.29 is 4.74 Å². The molecule has 10 heteroatoms. The summed E-state index contributed by atoms with van der Waals surface area (Å²) in [6.07, 6.45) is 2.70. The fourth-order valence-electron chi connectivity index (χ4n) is 3.49. The molecule has 0 aliphatic carbocycles. The minimum Gasteiger partial charge on any atom is -0.381 e. The van der Waals surface area contributed by atoms with Gasteiger partial charge in [-0.25, -0.2) is 9.67 Å². The highest BCUT2D eigenvalue weighted by molar-refractivity contribution is 5.58. The second-order valence-corrected chi connectivity index (χ2v) is 7.16. The first-order valence-electron chi connectivity index (χ1n) is 9.54. The van der Waals surface area contributed by atoms with E-state index in [-0.39, 0.29) is 5.92 Å². The van der Waals surface area contributed by atoms with E-state index in [2.05, 4.69) is 44.9 Å². The second-order valence-electron chi connectivity index (χ2n) is 7.16. The van der Waals surface area contributed by atoms with Crippen LogP contribution in [0.1, 0.15) is 29.6 Å². The Kier molecular flexibility index (Phi) is 4.39. The van der Waals surface area contributed by atoms with Crippen LogP contribution in [0.4, 0.5) is 0 Å².